The Bertz CT molecular complexity index is 1420. The summed E-state index contributed by atoms with van der Waals surface area (Å²) in [5.74, 6) is 4.06. The van der Waals surface area contributed by atoms with E-state index in [0.29, 0.717) is 42.3 Å². The molecule has 3 fully saturated rings. The van der Waals surface area contributed by atoms with Crippen LogP contribution in [-0.2, 0) is 4.74 Å². The van der Waals surface area contributed by atoms with Gasteiger partial charge in [0, 0.05) is 42.8 Å². The normalized spacial score (nSPS) is 18.6. The second-order valence-corrected chi connectivity index (χ2v) is 14.3. The number of carbonyl (C=O) groups is 1. The highest BCUT2D eigenvalue weighted by molar-refractivity contribution is 7.97. The Labute approximate surface area is 282 Å². The second kappa shape index (κ2) is 16.3. The third-order valence-corrected chi connectivity index (χ3v) is 9.33. The topological polar surface area (TPSA) is 115 Å². The summed E-state index contributed by atoms with van der Waals surface area (Å²) in [6.45, 7) is 11.4. The van der Waals surface area contributed by atoms with E-state index in [0.717, 1.165) is 49.1 Å². The molecule has 12 heteroatoms. The van der Waals surface area contributed by atoms with Crippen LogP contribution in [0, 0.1) is 17.8 Å². The van der Waals surface area contributed by atoms with E-state index >= 15 is 0 Å². The van der Waals surface area contributed by atoms with Gasteiger partial charge in [-0.3, -0.25) is 9.52 Å². The number of pyridine rings is 2. The van der Waals surface area contributed by atoms with Crippen LogP contribution in [0.3, 0.4) is 0 Å². The lowest BCUT2D eigenvalue weighted by atomic mass is 9.95. The third-order valence-electron chi connectivity index (χ3n) is 8.31. The molecule has 2 aliphatic carbocycles. The van der Waals surface area contributed by atoms with Crippen molar-refractivity contribution in [2.75, 3.05) is 31.6 Å². The molecule has 10 nitrogen and oxygen atoms in total. The monoisotopic (exact) mass is 669 g/mol. The van der Waals surface area contributed by atoms with Crippen molar-refractivity contribution in [1.29, 1.82) is 0 Å². The summed E-state index contributed by atoms with van der Waals surface area (Å²) >= 11 is 7.54. The van der Waals surface area contributed by atoms with Crippen molar-refractivity contribution in [3.8, 4) is 11.7 Å². The van der Waals surface area contributed by atoms with Crippen LogP contribution >= 0.6 is 23.5 Å². The lowest BCUT2D eigenvalue weighted by Crippen LogP contribution is -2.31. The fraction of sp³-hybridized carbons (Fsp3) is 0.588. The van der Waals surface area contributed by atoms with Gasteiger partial charge in [-0.05, 0) is 94.4 Å². The van der Waals surface area contributed by atoms with E-state index < -0.39 is 0 Å². The van der Waals surface area contributed by atoms with Crippen LogP contribution in [0.5, 0.6) is 5.88 Å². The van der Waals surface area contributed by atoms with Crippen LogP contribution in [0.1, 0.15) is 83.0 Å². The molecule has 1 aliphatic heterocycles. The minimum Gasteiger partial charge on any atom is -0.477 e. The number of aromatic nitrogens is 4. The van der Waals surface area contributed by atoms with Gasteiger partial charge >= 0.3 is 0 Å². The highest BCUT2D eigenvalue weighted by Crippen LogP contribution is 2.50. The fourth-order valence-electron chi connectivity index (χ4n) is 5.79. The smallest absolute Gasteiger partial charge is 0.264 e. The van der Waals surface area contributed by atoms with E-state index in [1.165, 1.54) is 32.1 Å². The molecule has 1 unspecified atom stereocenters. The van der Waals surface area contributed by atoms with Crippen molar-refractivity contribution in [2.45, 2.75) is 89.3 Å². The van der Waals surface area contributed by atoms with Crippen LogP contribution in [0.15, 0.2) is 47.6 Å². The minimum atomic E-state index is -0.360. The maximum atomic E-state index is 12.9. The Morgan fingerprint density at radius 3 is 2.54 bits per heavy atom. The van der Waals surface area contributed by atoms with Crippen molar-refractivity contribution in [3.63, 3.8) is 0 Å². The molecule has 2 saturated carbocycles. The van der Waals surface area contributed by atoms with Crippen molar-refractivity contribution < 1.29 is 14.3 Å². The van der Waals surface area contributed by atoms with Gasteiger partial charge in [-0.2, -0.15) is 0 Å². The number of nitrogens with one attached hydrogen (secondary N) is 3. The second-order valence-electron chi connectivity index (χ2n) is 13.1. The Kier molecular flexibility index (Phi) is 12.2. The average Bonchev–Trinajstić information content (AvgIpc) is 3.97. The predicted molar refractivity (Wildman–Crippen MR) is 184 cm³/mol. The van der Waals surface area contributed by atoms with Gasteiger partial charge in [0.2, 0.25) is 5.88 Å². The lowest BCUT2D eigenvalue weighted by Gasteiger charge is -2.17. The molecule has 0 radical (unpaired) electrons. The summed E-state index contributed by atoms with van der Waals surface area (Å²) in [6.07, 6.45) is 10.9. The van der Waals surface area contributed by atoms with Crippen molar-refractivity contribution in [3.05, 3.63) is 53.3 Å². The van der Waals surface area contributed by atoms with E-state index in [2.05, 4.69) is 58.1 Å². The van der Waals surface area contributed by atoms with Gasteiger partial charge in [0.25, 0.3) is 5.91 Å². The summed E-state index contributed by atoms with van der Waals surface area (Å²) in [5, 5.41) is 12.0. The summed E-state index contributed by atoms with van der Waals surface area (Å²) < 4.78 is 16.3. The van der Waals surface area contributed by atoms with Gasteiger partial charge in [-0.15, -0.1) is 5.10 Å². The molecule has 0 aromatic carbocycles. The SMILES string of the molecule is CC1(C)CC(OCCNc2cccc(SNC(=O)c3ccc(-n4ccc(OCCC(C5CC5)C5CC5)n4)nc3Cl)n2)CN1.CCC. The van der Waals surface area contributed by atoms with Gasteiger partial charge in [0.1, 0.15) is 16.0 Å². The molecule has 0 spiro atoms. The molecule has 0 bridgehead atoms. The molecule has 3 aromatic heterocycles. The van der Waals surface area contributed by atoms with Gasteiger partial charge in [-0.1, -0.05) is 37.9 Å². The first-order valence-electron chi connectivity index (χ1n) is 16.6. The van der Waals surface area contributed by atoms with Gasteiger partial charge in [-0.25, -0.2) is 14.6 Å². The molecule has 1 amide bonds. The number of amides is 1. The number of ether oxygens (including phenoxy) is 2. The Morgan fingerprint density at radius 1 is 1.11 bits per heavy atom. The third kappa shape index (κ3) is 10.3. The molecule has 4 heterocycles. The largest absolute Gasteiger partial charge is 0.477 e. The summed E-state index contributed by atoms with van der Waals surface area (Å²) in [5.41, 5.74) is 0.397. The van der Waals surface area contributed by atoms with Crippen LogP contribution in [-0.4, -0.2) is 63.6 Å². The van der Waals surface area contributed by atoms with Crippen LogP contribution in [0.4, 0.5) is 5.82 Å². The number of rotatable bonds is 15. The molecule has 1 atom stereocenters. The van der Waals surface area contributed by atoms with Gasteiger partial charge in [0.15, 0.2) is 5.82 Å². The number of nitrogens with zero attached hydrogens (tertiary/aromatic N) is 4. The zero-order valence-corrected chi connectivity index (χ0v) is 29.0. The quantitative estimate of drug-likeness (QED) is 0.0899. The fourth-order valence-corrected chi connectivity index (χ4v) is 6.62. The zero-order chi connectivity index (χ0) is 32.5. The molecular formula is C34H48ClN7O3S. The first-order chi connectivity index (χ1) is 22.2. The standard InChI is InChI=1S/C31H40ClN7O3S.C3H8/c1-31(2)18-22(19-34-31)41-17-14-33-25-4-3-5-28(35-25)43-38-30(40)24-10-11-26(36-29(24)32)39-15-12-27(37-39)42-16-13-23(20-6-7-20)21-8-9-21;1-3-2/h3-5,10-12,15,20-23,34H,6-9,13-14,16-19H2,1-2H3,(H,33,35)(H,38,40);3H2,1-2H3. The van der Waals surface area contributed by atoms with E-state index in [9.17, 15) is 4.79 Å². The van der Waals surface area contributed by atoms with E-state index in [-0.39, 0.29) is 28.3 Å². The first-order valence-corrected chi connectivity index (χ1v) is 17.8. The highest BCUT2D eigenvalue weighted by Gasteiger charge is 2.41. The zero-order valence-electron chi connectivity index (χ0n) is 27.4. The molecular weight excluding hydrogens is 622 g/mol. The first kappa shape index (κ1) is 34.5. The number of hydrogen-bond acceptors (Lipinski definition) is 9. The molecule has 250 valence electrons. The summed E-state index contributed by atoms with van der Waals surface area (Å²) in [6, 6.07) is 10.8. The maximum absolute atomic E-state index is 12.9. The molecule has 3 aliphatic rings. The van der Waals surface area contributed by atoms with Crippen molar-refractivity contribution >= 4 is 35.3 Å². The molecule has 3 N–H and O–H groups in total. The number of carbonyl (C=O) groups excluding carboxylic acids is 1. The lowest BCUT2D eigenvalue weighted by molar-refractivity contribution is 0.0706. The van der Waals surface area contributed by atoms with Crippen molar-refractivity contribution in [2.24, 2.45) is 17.8 Å². The van der Waals surface area contributed by atoms with E-state index in [1.807, 2.05) is 24.3 Å². The molecule has 3 aromatic rings. The summed E-state index contributed by atoms with van der Waals surface area (Å²) in [7, 11) is 0. The minimum absolute atomic E-state index is 0.0921. The van der Waals surface area contributed by atoms with Crippen LogP contribution in [0.2, 0.25) is 5.15 Å². The Hall–Kier alpha value is -2.86. The van der Waals surface area contributed by atoms with Gasteiger partial charge < -0.3 is 20.1 Å². The molecule has 1 saturated heterocycles. The molecule has 6 rings (SSSR count). The predicted octanol–water partition coefficient (Wildman–Crippen LogP) is 6.94. The Balaban J connectivity index is 0.00000134. The van der Waals surface area contributed by atoms with E-state index in [4.69, 9.17) is 21.1 Å². The van der Waals surface area contributed by atoms with Crippen LogP contribution < -0.4 is 20.1 Å². The summed E-state index contributed by atoms with van der Waals surface area (Å²) in [4.78, 5) is 21.8. The van der Waals surface area contributed by atoms with E-state index in [1.54, 1.807) is 23.0 Å². The number of hydrogen-bond donors (Lipinski definition) is 3. The average molecular weight is 670 g/mol. The van der Waals surface area contributed by atoms with Crippen LogP contribution in [0.25, 0.3) is 5.82 Å². The maximum Gasteiger partial charge on any atom is 0.264 e. The molecule has 46 heavy (non-hydrogen) atoms. The Morgan fingerprint density at radius 2 is 1.87 bits per heavy atom. The number of halogens is 1. The highest BCUT2D eigenvalue weighted by atomic mass is 35.5. The van der Waals surface area contributed by atoms with Crippen molar-refractivity contribution in [1.82, 2.24) is 29.8 Å². The number of anilines is 1. The van der Waals surface area contributed by atoms with Gasteiger partial charge in [0.05, 0.1) is 24.9 Å².